The van der Waals surface area contributed by atoms with E-state index in [-0.39, 0.29) is 27.5 Å². The van der Waals surface area contributed by atoms with Gasteiger partial charge >= 0.3 is 0 Å². The Morgan fingerprint density at radius 1 is 0.857 bits per heavy atom. The molecule has 0 unspecified atom stereocenters. The highest BCUT2D eigenvalue weighted by molar-refractivity contribution is 6.55. The van der Waals surface area contributed by atoms with Gasteiger partial charge in [-0.05, 0) is 0 Å². The van der Waals surface area contributed by atoms with Crippen molar-refractivity contribution in [3.05, 3.63) is 11.1 Å². The highest BCUT2D eigenvalue weighted by Gasteiger charge is 2.14. The summed E-state index contributed by atoms with van der Waals surface area (Å²) < 4.78 is 0. The summed E-state index contributed by atoms with van der Waals surface area (Å²) in [5.41, 5.74) is -0.815. The van der Waals surface area contributed by atoms with E-state index in [0.717, 1.165) is 0 Å². The molecule has 0 bridgehead atoms. The fraction of sp³-hybridized carbons (Fsp3) is 0. The van der Waals surface area contributed by atoms with E-state index in [0.29, 0.717) is 12.6 Å². The number of hydrogen-bond acceptors (Lipinski definition) is 3. The van der Waals surface area contributed by atoms with Crippen molar-refractivity contribution in [2.24, 2.45) is 0 Å². The van der Waals surface area contributed by atoms with Crippen molar-refractivity contribution < 1.29 is 14.7 Å². The fourth-order valence-corrected chi connectivity index (χ4v) is 1.08. The third kappa shape index (κ3) is 1.37. The Balaban J connectivity index is 3.72. The molecule has 0 fully saturated rings. The van der Waals surface area contributed by atoms with Crippen LogP contribution in [0.3, 0.4) is 0 Å². The lowest BCUT2D eigenvalue weighted by atomic mass is 9.70. The highest BCUT2D eigenvalue weighted by atomic mass is 16.3. The minimum absolute atomic E-state index is 0.0811. The zero-order valence-electron chi connectivity index (χ0n) is 7.15. The first-order valence-electron chi connectivity index (χ1n) is 3.64. The molecule has 1 aromatic carbocycles. The Morgan fingerprint density at radius 3 is 1.79 bits per heavy atom. The number of aldehydes is 2. The lowest BCUT2D eigenvalue weighted by Gasteiger charge is -2.13. The van der Waals surface area contributed by atoms with Gasteiger partial charge in [-0.3, -0.25) is 9.59 Å². The Bertz CT molecular complexity index is 380. The minimum atomic E-state index is -0.499. The van der Waals surface area contributed by atoms with Crippen LogP contribution in [0.5, 0.6) is 5.75 Å². The fourth-order valence-electron chi connectivity index (χ4n) is 1.08. The van der Waals surface area contributed by atoms with E-state index in [1.807, 2.05) is 0 Å². The molecule has 62 valence electrons. The minimum Gasteiger partial charge on any atom is -0.508 e. The number of carbonyl (C=O) groups excluding carboxylic acids is 2. The maximum atomic E-state index is 10.6. The van der Waals surface area contributed by atoms with Crippen LogP contribution in [0, 0.1) is 0 Å². The van der Waals surface area contributed by atoms with Crippen LogP contribution in [-0.2, 0) is 0 Å². The van der Waals surface area contributed by atoms with Gasteiger partial charge in [-0.1, -0.05) is 16.4 Å². The summed E-state index contributed by atoms with van der Waals surface area (Å²) in [5.74, 6) is -0.499. The highest BCUT2D eigenvalue weighted by Crippen LogP contribution is 2.07. The van der Waals surface area contributed by atoms with Crippen LogP contribution in [0.25, 0.3) is 0 Å². The van der Waals surface area contributed by atoms with Crippen molar-refractivity contribution >= 4 is 52.5 Å². The summed E-state index contributed by atoms with van der Waals surface area (Å²) in [6.45, 7) is 0. The third-order valence-corrected chi connectivity index (χ3v) is 1.91. The van der Waals surface area contributed by atoms with Gasteiger partial charge in [0.1, 0.15) is 35.6 Å². The Labute approximate surface area is 84.7 Å². The number of phenolic OH excluding ortho intramolecular Hbond substituents is 1. The van der Waals surface area contributed by atoms with E-state index in [1.165, 1.54) is 0 Å². The first-order chi connectivity index (χ1) is 6.54. The van der Waals surface area contributed by atoms with E-state index in [2.05, 4.69) is 0 Å². The van der Waals surface area contributed by atoms with Gasteiger partial charge in [0, 0.05) is 11.1 Å². The third-order valence-electron chi connectivity index (χ3n) is 1.91. The molecule has 1 N–H and O–H groups in total. The van der Waals surface area contributed by atoms with Crippen molar-refractivity contribution in [2.75, 3.05) is 0 Å². The van der Waals surface area contributed by atoms with Crippen molar-refractivity contribution in [1.82, 2.24) is 0 Å². The Kier molecular flexibility index (Phi) is 2.84. The number of rotatable bonds is 2. The van der Waals surface area contributed by atoms with E-state index in [9.17, 15) is 14.7 Å². The second-order valence-electron chi connectivity index (χ2n) is 2.65. The molecule has 0 aliphatic carbocycles. The number of hydrogen-bond donors (Lipinski definition) is 1. The normalized spacial score (nSPS) is 9.71. The quantitative estimate of drug-likeness (QED) is 0.400. The van der Waals surface area contributed by atoms with E-state index in [4.69, 9.17) is 23.5 Å². The van der Waals surface area contributed by atoms with Gasteiger partial charge in [0.2, 0.25) is 0 Å². The SMILES string of the molecule is [B]c1c([B])c(C=O)c([B])c(C=O)c1O. The maximum absolute atomic E-state index is 10.6. The van der Waals surface area contributed by atoms with Gasteiger partial charge in [-0.15, -0.1) is 0 Å². The molecule has 0 heterocycles. The summed E-state index contributed by atoms with van der Waals surface area (Å²) in [6, 6.07) is 0. The summed E-state index contributed by atoms with van der Waals surface area (Å²) in [5, 5.41) is 9.35. The van der Waals surface area contributed by atoms with Crippen LogP contribution >= 0.6 is 0 Å². The molecule has 0 saturated heterocycles. The largest absolute Gasteiger partial charge is 0.508 e. The molecule has 3 nitrogen and oxygen atoms in total. The number of phenols is 1. The summed E-state index contributed by atoms with van der Waals surface area (Å²) in [6.07, 6.45) is 0.695. The number of benzene rings is 1. The lowest BCUT2D eigenvalue weighted by Crippen LogP contribution is -2.37. The molecule has 1 aromatic rings. The molecule has 6 radical (unpaired) electrons. The zero-order valence-corrected chi connectivity index (χ0v) is 7.15. The average molecular weight is 180 g/mol. The van der Waals surface area contributed by atoms with Crippen molar-refractivity contribution in [3.63, 3.8) is 0 Å². The zero-order chi connectivity index (χ0) is 10.9. The second-order valence-corrected chi connectivity index (χ2v) is 2.65. The topological polar surface area (TPSA) is 54.4 Å². The summed E-state index contributed by atoms with van der Waals surface area (Å²) >= 11 is 0. The lowest BCUT2D eigenvalue weighted by molar-refractivity contribution is 0.112. The molecule has 0 aliphatic heterocycles. The monoisotopic (exact) mass is 180 g/mol. The van der Waals surface area contributed by atoms with Crippen molar-refractivity contribution in [1.29, 1.82) is 0 Å². The van der Waals surface area contributed by atoms with Crippen molar-refractivity contribution in [2.45, 2.75) is 0 Å². The van der Waals surface area contributed by atoms with Crippen LogP contribution in [0.2, 0.25) is 0 Å². The van der Waals surface area contributed by atoms with Gasteiger partial charge in [-0.2, -0.15) is 0 Å². The van der Waals surface area contributed by atoms with Gasteiger partial charge < -0.3 is 5.11 Å². The molecule has 0 aliphatic rings. The molecule has 1 rings (SSSR count). The standard InChI is InChI=1S/C8H3B3O3/c9-5-3(1-12)6(10)7(11)8(14)4(5)2-13/h1-2,14H. The molecule has 0 amide bonds. The number of aromatic hydroxyl groups is 1. The first-order valence-corrected chi connectivity index (χ1v) is 3.64. The molecular weight excluding hydrogens is 177 g/mol. The van der Waals surface area contributed by atoms with Gasteiger partial charge in [0.15, 0.2) is 6.29 Å². The van der Waals surface area contributed by atoms with Gasteiger partial charge in [0.25, 0.3) is 0 Å². The average Bonchev–Trinajstić information content (AvgIpc) is 2.16. The van der Waals surface area contributed by atoms with E-state index >= 15 is 0 Å². The molecule has 6 heteroatoms. The van der Waals surface area contributed by atoms with Gasteiger partial charge in [-0.25, -0.2) is 0 Å². The number of carbonyl (C=O) groups is 2. The summed E-state index contributed by atoms with van der Waals surface area (Å²) in [7, 11) is 16.2. The van der Waals surface area contributed by atoms with Crippen LogP contribution in [0.1, 0.15) is 20.7 Å². The van der Waals surface area contributed by atoms with Crippen LogP contribution in [0.15, 0.2) is 0 Å². The summed E-state index contributed by atoms with van der Waals surface area (Å²) in [4.78, 5) is 21.1. The van der Waals surface area contributed by atoms with Crippen LogP contribution in [-0.4, -0.2) is 41.2 Å². The first kappa shape index (κ1) is 10.6. The predicted octanol–water partition coefficient (Wildman–Crippen LogP) is -2.60. The smallest absolute Gasteiger partial charge is 0.153 e. The van der Waals surface area contributed by atoms with Crippen LogP contribution < -0.4 is 16.4 Å². The molecule has 14 heavy (non-hydrogen) atoms. The van der Waals surface area contributed by atoms with Crippen LogP contribution in [0.4, 0.5) is 0 Å². The van der Waals surface area contributed by atoms with Crippen molar-refractivity contribution in [3.8, 4) is 5.75 Å². The molecule has 0 atom stereocenters. The van der Waals surface area contributed by atoms with E-state index < -0.39 is 5.75 Å². The van der Waals surface area contributed by atoms with E-state index in [1.54, 1.807) is 0 Å². The maximum Gasteiger partial charge on any atom is 0.153 e. The molecule has 0 saturated carbocycles. The Hall–Kier alpha value is -1.45. The molecule has 0 spiro atoms. The second kappa shape index (κ2) is 3.74. The molecule has 0 aromatic heterocycles. The Morgan fingerprint density at radius 2 is 1.36 bits per heavy atom. The predicted molar refractivity (Wildman–Crippen MR) is 55.0 cm³/mol. The molecular formula is C8H3B3O3. The van der Waals surface area contributed by atoms with Gasteiger partial charge in [0.05, 0.1) is 0 Å².